The van der Waals surface area contributed by atoms with Crippen LogP contribution in [0.3, 0.4) is 0 Å². The smallest absolute Gasteiger partial charge is 0.270 e. The first kappa shape index (κ1) is 22.3. The normalized spacial score (nSPS) is 22.4. The van der Waals surface area contributed by atoms with E-state index in [0.29, 0.717) is 30.7 Å². The number of piperidine rings is 1. The molecule has 1 aromatic heterocycles. The van der Waals surface area contributed by atoms with E-state index in [-0.39, 0.29) is 34.4 Å². The average molecular weight is 474 g/mol. The van der Waals surface area contributed by atoms with Gasteiger partial charge in [-0.15, -0.1) is 0 Å². The summed E-state index contributed by atoms with van der Waals surface area (Å²) in [6.45, 7) is 2.02. The fourth-order valence-electron chi connectivity index (χ4n) is 6.61. The van der Waals surface area contributed by atoms with Crippen molar-refractivity contribution in [3.8, 4) is 0 Å². The van der Waals surface area contributed by atoms with Gasteiger partial charge in [0.1, 0.15) is 11.5 Å². The van der Waals surface area contributed by atoms with Crippen molar-refractivity contribution in [1.29, 1.82) is 0 Å². The average Bonchev–Trinajstić information content (AvgIpc) is 3.22. The van der Waals surface area contributed by atoms with Gasteiger partial charge in [0.15, 0.2) is 0 Å². The van der Waals surface area contributed by atoms with Crippen LogP contribution in [-0.4, -0.2) is 41.3 Å². The third-order valence-electron chi connectivity index (χ3n) is 8.91. The summed E-state index contributed by atoms with van der Waals surface area (Å²) in [6, 6.07) is 16.9. The van der Waals surface area contributed by atoms with E-state index in [1.54, 1.807) is 12.1 Å². The van der Waals surface area contributed by atoms with Gasteiger partial charge >= 0.3 is 0 Å². The number of nitrogens with zero attached hydrogens (tertiary/aromatic N) is 1. The molecule has 6 rings (SSSR count). The van der Waals surface area contributed by atoms with Crippen LogP contribution in [-0.2, 0) is 10.2 Å². The van der Waals surface area contributed by atoms with E-state index in [4.69, 9.17) is 0 Å². The Morgan fingerprint density at radius 2 is 1.74 bits per heavy atom. The molecule has 6 heteroatoms. The van der Waals surface area contributed by atoms with E-state index in [1.807, 2.05) is 11.0 Å². The molecule has 2 saturated carbocycles. The second-order valence-electron chi connectivity index (χ2n) is 10.9. The van der Waals surface area contributed by atoms with Crippen LogP contribution in [0.1, 0.15) is 61.0 Å². The van der Waals surface area contributed by atoms with Gasteiger partial charge in [-0.1, -0.05) is 43.2 Å². The topological polar surface area (TPSA) is 65.2 Å². The van der Waals surface area contributed by atoms with Crippen LogP contribution < -0.4 is 5.32 Å². The predicted molar refractivity (Wildman–Crippen MR) is 134 cm³/mol. The van der Waals surface area contributed by atoms with Crippen molar-refractivity contribution in [1.82, 2.24) is 15.2 Å². The lowest BCUT2D eigenvalue weighted by Crippen LogP contribution is -2.42. The van der Waals surface area contributed by atoms with Gasteiger partial charge in [0.05, 0.1) is 0 Å². The van der Waals surface area contributed by atoms with Crippen molar-refractivity contribution < 1.29 is 14.0 Å². The van der Waals surface area contributed by atoms with Crippen molar-refractivity contribution in [2.24, 2.45) is 11.3 Å². The highest BCUT2D eigenvalue weighted by atomic mass is 19.1. The minimum atomic E-state index is -0.309. The number of rotatable bonds is 5. The number of aromatic amines is 1. The van der Waals surface area contributed by atoms with E-state index in [2.05, 4.69) is 34.6 Å². The summed E-state index contributed by atoms with van der Waals surface area (Å²) in [5.41, 5.74) is 2.71. The highest BCUT2D eigenvalue weighted by Crippen LogP contribution is 2.59. The Bertz CT molecular complexity index is 1250. The number of carbonyl (C=O) groups is 2. The van der Waals surface area contributed by atoms with E-state index in [0.717, 1.165) is 37.6 Å². The summed E-state index contributed by atoms with van der Waals surface area (Å²) in [5, 5.41) is 4.03. The highest BCUT2D eigenvalue weighted by Gasteiger charge is 2.59. The molecule has 1 saturated heterocycles. The van der Waals surface area contributed by atoms with Crippen LogP contribution in [0.25, 0.3) is 10.9 Å². The number of nitrogens with one attached hydrogen (secondary N) is 2. The SMILES string of the molecule is O=C(NCC1(c2ccccc2)CCCC1)C1CC12CCN(C(=O)c1cc3cc(F)ccc3[nH]1)CC2. The minimum absolute atomic E-state index is 0.0417. The summed E-state index contributed by atoms with van der Waals surface area (Å²) in [5.74, 6) is -0.116. The van der Waals surface area contributed by atoms with Crippen LogP contribution in [0, 0.1) is 17.2 Å². The van der Waals surface area contributed by atoms with Crippen molar-refractivity contribution in [3.05, 3.63) is 71.7 Å². The first-order valence-corrected chi connectivity index (χ1v) is 12.9. The molecule has 0 bridgehead atoms. The number of halogens is 1. The Morgan fingerprint density at radius 1 is 1.00 bits per heavy atom. The van der Waals surface area contributed by atoms with E-state index in [1.165, 1.54) is 30.5 Å². The Kier molecular flexibility index (Phi) is 5.42. The molecule has 3 aliphatic rings. The fraction of sp³-hybridized carbons (Fsp3) is 0.448. The standard InChI is InChI=1S/C29H32FN3O2/c30-22-8-9-24-20(16-22)17-25(32-24)27(35)33-14-12-28(13-15-33)18-23(28)26(34)31-19-29(10-4-5-11-29)21-6-2-1-3-7-21/h1-3,6-9,16-17,23,32H,4-5,10-15,18-19H2,(H,31,34). The highest BCUT2D eigenvalue weighted by molar-refractivity contribution is 5.98. The van der Waals surface area contributed by atoms with Gasteiger partial charge in [0, 0.05) is 41.9 Å². The van der Waals surface area contributed by atoms with Gasteiger partial charge < -0.3 is 15.2 Å². The van der Waals surface area contributed by atoms with Gasteiger partial charge in [-0.3, -0.25) is 9.59 Å². The molecule has 2 amide bonds. The maximum atomic E-state index is 13.5. The molecule has 3 fully saturated rings. The molecular formula is C29H32FN3O2. The van der Waals surface area contributed by atoms with E-state index in [9.17, 15) is 14.0 Å². The quantitative estimate of drug-likeness (QED) is 0.536. The molecule has 35 heavy (non-hydrogen) atoms. The Labute approximate surface area is 205 Å². The summed E-state index contributed by atoms with van der Waals surface area (Å²) in [4.78, 5) is 31.2. The molecule has 5 nitrogen and oxygen atoms in total. The number of likely N-dealkylation sites (tertiary alicyclic amines) is 1. The number of hydrogen-bond acceptors (Lipinski definition) is 2. The second-order valence-corrected chi connectivity index (χ2v) is 10.9. The second kappa shape index (κ2) is 8.51. The lowest BCUT2D eigenvalue weighted by Gasteiger charge is -2.33. The number of amides is 2. The van der Waals surface area contributed by atoms with Gasteiger partial charge in [-0.2, -0.15) is 0 Å². The molecule has 1 unspecified atom stereocenters. The number of carbonyl (C=O) groups excluding carboxylic acids is 2. The van der Waals surface area contributed by atoms with Gasteiger partial charge in [-0.25, -0.2) is 4.39 Å². The van der Waals surface area contributed by atoms with Crippen molar-refractivity contribution >= 4 is 22.7 Å². The molecule has 1 aliphatic heterocycles. The number of aromatic nitrogens is 1. The largest absolute Gasteiger partial charge is 0.355 e. The van der Waals surface area contributed by atoms with Crippen molar-refractivity contribution in [3.63, 3.8) is 0 Å². The lowest BCUT2D eigenvalue weighted by atomic mass is 9.78. The Morgan fingerprint density at radius 3 is 2.49 bits per heavy atom. The number of hydrogen-bond donors (Lipinski definition) is 2. The number of H-pyrrole nitrogens is 1. The third kappa shape index (κ3) is 4.03. The zero-order valence-electron chi connectivity index (χ0n) is 20.0. The molecule has 1 spiro atoms. The van der Waals surface area contributed by atoms with Crippen LogP contribution in [0.2, 0.25) is 0 Å². The van der Waals surface area contributed by atoms with E-state index >= 15 is 0 Å². The number of fused-ring (bicyclic) bond motifs is 1. The number of benzene rings is 2. The molecular weight excluding hydrogens is 441 g/mol. The fourth-order valence-corrected chi connectivity index (χ4v) is 6.61. The third-order valence-corrected chi connectivity index (χ3v) is 8.91. The molecule has 3 aromatic rings. The van der Waals surface area contributed by atoms with Crippen LogP contribution in [0.5, 0.6) is 0 Å². The van der Waals surface area contributed by atoms with Crippen LogP contribution in [0.15, 0.2) is 54.6 Å². The monoisotopic (exact) mass is 473 g/mol. The molecule has 2 N–H and O–H groups in total. The Balaban J connectivity index is 1.05. The van der Waals surface area contributed by atoms with Crippen molar-refractivity contribution in [2.75, 3.05) is 19.6 Å². The zero-order chi connectivity index (χ0) is 24.0. The van der Waals surface area contributed by atoms with Crippen LogP contribution >= 0.6 is 0 Å². The molecule has 2 aliphatic carbocycles. The maximum Gasteiger partial charge on any atom is 0.270 e. The zero-order valence-corrected chi connectivity index (χ0v) is 20.0. The van der Waals surface area contributed by atoms with Crippen LogP contribution in [0.4, 0.5) is 4.39 Å². The van der Waals surface area contributed by atoms with Crippen molar-refractivity contribution in [2.45, 2.75) is 50.4 Å². The maximum absolute atomic E-state index is 13.5. The first-order chi connectivity index (χ1) is 17.0. The molecule has 2 aromatic carbocycles. The van der Waals surface area contributed by atoms with Gasteiger partial charge in [-0.05, 0) is 67.3 Å². The first-order valence-electron chi connectivity index (χ1n) is 12.9. The summed E-state index contributed by atoms with van der Waals surface area (Å²) < 4.78 is 13.5. The summed E-state index contributed by atoms with van der Waals surface area (Å²) >= 11 is 0. The predicted octanol–water partition coefficient (Wildman–Crippen LogP) is 5.18. The summed E-state index contributed by atoms with van der Waals surface area (Å²) in [7, 11) is 0. The van der Waals surface area contributed by atoms with E-state index < -0.39 is 0 Å². The molecule has 182 valence electrons. The lowest BCUT2D eigenvalue weighted by molar-refractivity contribution is -0.123. The minimum Gasteiger partial charge on any atom is -0.355 e. The molecule has 0 radical (unpaired) electrons. The molecule has 1 atom stereocenters. The summed E-state index contributed by atoms with van der Waals surface area (Å²) in [6.07, 6.45) is 7.33. The molecule has 2 heterocycles. The Hall–Kier alpha value is -3.15. The van der Waals surface area contributed by atoms with Gasteiger partial charge in [0.25, 0.3) is 5.91 Å². The van der Waals surface area contributed by atoms with Gasteiger partial charge in [0.2, 0.25) is 5.91 Å².